The summed E-state index contributed by atoms with van der Waals surface area (Å²) in [5, 5.41) is 14.6. The molecule has 6 heteroatoms. The highest BCUT2D eigenvalue weighted by Gasteiger charge is 2.11. The molecular formula is C15H15N3O3. The molecule has 0 aliphatic heterocycles. The number of nitrogens with one attached hydrogen (secondary N) is 2. The highest BCUT2D eigenvalue weighted by Crippen LogP contribution is 2.12. The minimum Gasteiger partial charge on any atom is -0.477 e. The van der Waals surface area contributed by atoms with Gasteiger partial charge in [0.2, 0.25) is 0 Å². The molecule has 0 unspecified atom stereocenters. The van der Waals surface area contributed by atoms with Crippen molar-refractivity contribution in [3.05, 3.63) is 59.4 Å². The van der Waals surface area contributed by atoms with E-state index in [-0.39, 0.29) is 11.4 Å². The molecule has 1 aromatic heterocycles. The fraction of sp³-hybridized carbons (Fsp3) is 0.133. The lowest BCUT2D eigenvalue weighted by atomic mass is 10.2. The lowest BCUT2D eigenvalue weighted by molar-refractivity contribution is 0.0690. The summed E-state index contributed by atoms with van der Waals surface area (Å²) < 4.78 is 0. The second kappa shape index (κ2) is 6.62. The Labute approximate surface area is 121 Å². The number of hydrogen-bond acceptors (Lipinski definition) is 4. The number of carbonyl (C=O) groups excluding carboxylic acids is 1. The first kappa shape index (κ1) is 14.7. The molecule has 0 aliphatic rings. The molecule has 0 bridgehead atoms. The summed E-state index contributed by atoms with van der Waals surface area (Å²) in [6.07, 6.45) is 0. The van der Waals surface area contributed by atoms with Gasteiger partial charge in [-0.25, -0.2) is 9.78 Å². The van der Waals surface area contributed by atoms with Crippen LogP contribution >= 0.6 is 0 Å². The normalized spacial score (nSPS) is 10.1. The number of anilines is 1. The molecule has 0 radical (unpaired) electrons. The van der Waals surface area contributed by atoms with E-state index in [1.807, 2.05) is 25.2 Å². The smallest absolute Gasteiger partial charge is 0.354 e. The van der Waals surface area contributed by atoms with E-state index in [2.05, 4.69) is 15.6 Å². The van der Waals surface area contributed by atoms with E-state index in [4.69, 9.17) is 5.11 Å². The molecule has 1 heterocycles. The van der Waals surface area contributed by atoms with E-state index in [0.29, 0.717) is 12.2 Å². The van der Waals surface area contributed by atoms with Gasteiger partial charge in [-0.3, -0.25) is 4.79 Å². The van der Waals surface area contributed by atoms with Crippen molar-refractivity contribution < 1.29 is 14.7 Å². The highest BCUT2D eigenvalue weighted by atomic mass is 16.4. The van der Waals surface area contributed by atoms with Gasteiger partial charge in [-0.05, 0) is 36.9 Å². The summed E-state index contributed by atoms with van der Waals surface area (Å²) in [7, 11) is 1.84. The minimum absolute atomic E-state index is 0.0638. The van der Waals surface area contributed by atoms with Gasteiger partial charge in [0.1, 0.15) is 11.4 Å². The lowest BCUT2D eigenvalue weighted by Crippen LogP contribution is -2.15. The van der Waals surface area contributed by atoms with Crippen molar-refractivity contribution in [1.29, 1.82) is 0 Å². The first-order chi connectivity index (χ1) is 10.1. The third-order valence-electron chi connectivity index (χ3n) is 2.77. The third kappa shape index (κ3) is 3.87. The van der Waals surface area contributed by atoms with Crippen LogP contribution in [0.5, 0.6) is 0 Å². The summed E-state index contributed by atoms with van der Waals surface area (Å²) in [5.41, 5.74) is 1.57. The lowest BCUT2D eigenvalue weighted by Gasteiger charge is -2.07. The zero-order valence-corrected chi connectivity index (χ0v) is 11.5. The molecule has 108 valence electrons. The van der Waals surface area contributed by atoms with Crippen LogP contribution in [-0.2, 0) is 6.54 Å². The Hall–Kier alpha value is -2.73. The van der Waals surface area contributed by atoms with Crippen LogP contribution in [0.4, 0.5) is 5.69 Å². The zero-order chi connectivity index (χ0) is 15.2. The minimum atomic E-state index is -1.17. The van der Waals surface area contributed by atoms with Crippen molar-refractivity contribution in [2.75, 3.05) is 12.4 Å². The third-order valence-corrected chi connectivity index (χ3v) is 2.77. The van der Waals surface area contributed by atoms with Crippen molar-refractivity contribution in [2.24, 2.45) is 0 Å². The monoisotopic (exact) mass is 285 g/mol. The molecule has 3 N–H and O–H groups in total. The summed E-state index contributed by atoms with van der Waals surface area (Å²) in [5.74, 6) is -1.61. The molecular weight excluding hydrogens is 270 g/mol. The number of aromatic nitrogens is 1. The molecule has 1 aromatic carbocycles. The molecule has 1 amide bonds. The molecule has 0 fully saturated rings. The quantitative estimate of drug-likeness (QED) is 0.778. The molecule has 2 rings (SSSR count). The first-order valence-electron chi connectivity index (χ1n) is 6.35. The van der Waals surface area contributed by atoms with E-state index < -0.39 is 11.9 Å². The predicted molar refractivity (Wildman–Crippen MR) is 78.4 cm³/mol. The van der Waals surface area contributed by atoms with Crippen LogP contribution in [0.15, 0.2) is 42.5 Å². The van der Waals surface area contributed by atoms with Crippen LogP contribution in [0.3, 0.4) is 0 Å². The topological polar surface area (TPSA) is 91.3 Å². The maximum atomic E-state index is 12.1. The van der Waals surface area contributed by atoms with Crippen molar-refractivity contribution in [3.63, 3.8) is 0 Å². The average Bonchev–Trinajstić information content (AvgIpc) is 2.48. The van der Waals surface area contributed by atoms with Crippen LogP contribution in [0, 0.1) is 0 Å². The number of carbonyl (C=O) groups is 2. The number of carboxylic acid groups (broad SMARTS) is 1. The van der Waals surface area contributed by atoms with Gasteiger partial charge < -0.3 is 15.7 Å². The summed E-state index contributed by atoms with van der Waals surface area (Å²) in [4.78, 5) is 26.7. The summed E-state index contributed by atoms with van der Waals surface area (Å²) in [6.45, 7) is 0.691. The molecule has 0 saturated heterocycles. The first-order valence-corrected chi connectivity index (χ1v) is 6.35. The van der Waals surface area contributed by atoms with Crippen molar-refractivity contribution in [3.8, 4) is 0 Å². The van der Waals surface area contributed by atoms with Gasteiger partial charge in [0.25, 0.3) is 5.91 Å². The van der Waals surface area contributed by atoms with Gasteiger partial charge in [-0.1, -0.05) is 18.2 Å². The van der Waals surface area contributed by atoms with E-state index in [1.54, 1.807) is 6.07 Å². The molecule has 0 saturated carbocycles. The van der Waals surface area contributed by atoms with Gasteiger partial charge in [-0.2, -0.15) is 0 Å². The Kier molecular flexibility index (Phi) is 4.63. The fourth-order valence-corrected chi connectivity index (χ4v) is 1.84. The van der Waals surface area contributed by atoms with E-state index in [0.717, 1.165) is 5.56 Å². The largest absolute Gasteiger partial charge is 0.477 e. The number of pyridine rings is 1. The molecule has 21 heavy (non-hydrogen) atoms. The Morgan fingerprint density at radius 3 is 2.57 bits per heavy atom. The van der Waals surface area contributed by atoms with Crippen molar-refractivity contribution in [2.45, 2.75) is 6.54 Å². The number of amides is 1. The summed E-state index contributed by atoms with van der Waals surface area (Å²) in [6, 6.07) is 11.7. The number of aromatic carboxylic acids is 1. The summed E-state index contributed by atoms with van der Waals surface area (Å²) >= 11 is 0. The highest BCUT2D eigenvalue weighted by molar-refractivity contribution is 6.03. The zero-order valence-electron chi connectivity index (χ0n) is 11.5. The predicted octanol–water partition coefficient (Wildman–Crippen LogP) is 1.75. The fourth-order valence-electron chi connectivity index (χ4n) is 1.84. The Bertz CT molecular complexity index is 671. The molecule has 0 atom stereocenters. The molecule has 2 aromatic rings. The number of nitrogens with zero attached hydrogens (tertiary/aromatic N) is 1. The SMILES string of the molecule is CNCc1cccc(NC(=O)c2cccc(C(=O)O)n2)c1. The number of benzene rings is 1. The van der Waals surface area contributed by atoms with Crippen LogP contribution in [-0.4, -0.2) is 29.0 Å². The van der Waals surface area contributed by atoms with E-state index in [1.165, 1.54) is 18.2 Å². The van der Waals surface area contributed by atoms with Gasteiger partial charge in [0.15, 0.2) is 0 Å². The van der Waals surface area contributed by atoms with Crippen molar-refractivity contribution in [1.82, 2.24) is 10.3 Å². The Balaban J connectivity index is 2.16. The average molecular weight is 285 g/mol. The number of rotatable bonds is 5. The van der Waals surface area contributed by atoms with Gasteiger partial charge in [0, 0.05) is 12.2 Å². The van der Waals surface area contributed by atoms with Crippen LogP contribution in [0.25, 0.3) is 0 Å². The van der Waals surface area contributed by atoms with Crippen LogP contribution in [0.2, 0.25) is 0 Å². The molecule has 6 nitrogen and oxygen atoms in total. The Morgan fingerprint density at radius 2 is 1.86 bits per heavy atom. The number of hydrogen-bond donors (Lipinski definition) is 3. The van der Waals surface area contributed by atoms with E-state index in [9.17, 15) is 9.59 Å². The van der Waals surface area contributed by atoms with Crippen LogP contribution < -0.4 is 10.6 Å². The van der Waals surface area contributed by atoms with Gasteiger partial charge in [0.05, 0.1) is 0 Å². The number of carboxylic acids is 1. The molecule has 0 spiro atoms. The maximum Gasteiger partial charge on any atom is 0.354 e. The molecule has 0 aliphatic carbocycles. The van der Waals surface area contributed by atoms with Crippen LogP contribution in [0.1, 0.15) is 26.5 Å². The van der Waals surface area contributed by atoms with E-state index >= 15 is 0 Å². The van der Waals surface area contributed by atoms with Crippen molar-refractivity contribution >= 4 is 17.6 Å². The standard InChI is InChI=1S/C15H15N3O3/c1-16-9-10-4-2-5-11(8-10)17-14(19)12-6-3-7-13(18-12)15(20)21/h2-8,16H,9H2,1H3,(H,17,19)(H,20,21). The second-order valence-electron chi connectivity index (χ2n) is 4.40. The second-order valence-corrected chi connectivity index (χ2v) is 4.40. The Morgan fingerprint density at radius 1 is 1.14 bits per heavy atom. The van der Waals surface area contributed by atoms with Gasteiger partial charge >= 0.3 is 5.97 Å². The van der Waals surface area contributed by atoms with Gasteiger partial charge in [-0.15, -0.1) is 0 Å². The maximum absolute atomic E-state index is 12.1.